The minimum atomic E-state index is -1.23. The Bertz CT molecular complexity index is 1560. The number of benzene rings is 1. The first-order valence-electron chi connectivity index (χ1n) is 17.7. The molecule has 54 heavy (non-hydrogen) atoms. The second-order valence-corrected chi connectivity index (χ2v) is 14.5. The van der Waals surface area contributed by atoms with E-state index in [1.54, 1.807) is 48.5 Å². The minimum Gasteiger partial charge on any atom is -0.370 e. The van der Waals surface area contributed by atoms with Crippen LogP contribution >= 0.6 is 11.8 Å². The Labute approximate surface area is 321 Å². The number of likely N-dealkylation sites (N-methyl/N-ethyl adjacent to an activating group) is 1. The van der Waals surface area contributed by atoms with Crippen LogP contribution in [0.3, 0.4) is 0 Å². The van der Waals surface area contributed by atoms with Crippen LogP contribution in [0.4, 0.5) is 0 Å². The molecular formula is C38H54N8O7S. The quantitative estimate of drug-likeness (QED) is 0.0786. The minimum absolute atomic E-state index is 0.0190. The van der Waals surface area contributed by atoms with E-state index in [-0.39, 0.29) is 38.0 Å². The van der Waals surface area contributed by atoms with Crippen LogP contribution in [0.5, 0.6) is 0 Å². The number of rotatable bonds is 23. The fraction of sp³-hybridized carbons (Fsp3) is 0.500. The first-order chi connectivity index (χ1) is 25.5. The summed E-state index contributed by atoms with van der Waals surface area (Å²) < 4.78 is 0. The Hall–Kier alpha value is -5.14. The summed E-state index contributed by atoms with van der Waals surface area (Å²) in [5, 5.41) is 10.8. The van der Waals surface area contributed by atoms with Crippen molar-refractivity contribution < 1.29 is 33.6 Å². The van der Waals surface area contributed by atoms with Gasteiger partial charge in [-0.2, -0.15) is 11.8 Å². The number of hydrogen-bond donors (Lipinski definition) is 7. The molecule has 0 spiro atoms. The van der Waals surface area contributed by atoms with Gasteiger partial charge in [-0.05, 0) is 61.8 Å². The third-order valence-electron chi connectivity index (χ3n) is 8.62. The molecule has 0 bridgehead atoms. The van der Waals surface area contributed by atoms with Crippen molar-refractivity contribution in [3.8, 4) is 0 Å². The maximum atomic E-state index is 14.1. The van der Waals surface area contributed by atoms with Crippen molar-refractivity contribution in [1.82, 2.24) is 26.2 Å². The largest absolute Gasteiger partial charge is 0.370 e. The molecule has 15 nitrogen and oxygen atoms in total. The van der Waals surface area contributed by atoms with Gasteiger partial charge in [0.1, 0.15) is 30.2 Å². The standard InChI is InChI=1S/C38H54N8O7S/c1-23(2)20-29(36(51)42-28(33(41)48)18-19-54-5)43-34(49)24(3)46(4)38(53)31(22-26-14-10-7-11-15-26)45-37(52)30(21-25-12-8-6-9-13-25)44-35(50)27(39)16-17-32(40)47/h6-10,12-14,23-24,27-31H,16-22,39H2,1-5H3,(H2,40,47)(H2,41,48)(H,42,51)(H,43,49)(H,44,50)(H,45,52)/t24-,27-,28-,29-,30-,31-/m0/s1. The summed E-state index contributed by atoms with van der Waals surface area (Å²) in [5.41, 5.74) is 18.0. The van der Waals surface area contributed by atoms with Crippen LogP contribution in [0, 0.1) is 18.1 Å². The van der Waals surface area contributed by atoms with Gasteiger partial charge in [-0.3, -0.25) is 33.6 Å². The van der Waals surface area contributed by atoms with Crippen molar-refractivity contribution in [2.24, 2.45) is 23.1 Å². The number of hydrogen-bond acceptors (Lipinski definition) is 9. The molecule has 0 aromatic heterocycles. The summed E-state index contributed by atoms with van der Waals surface area (Å²) in [5.74, 6) is -4.00. The number of nitrogens with zero attached hydrogens (tertiary/aromatic N) is 1. The van der Waals surface area contributed by atoms with Crippen LogP contribution in [-0.4, -0.2) is 102 Å². The summed E-state index contributed by atoms with van der Waals surface area (Å²) >= 11 is 1.49. The lowest BCUT2D eigenvalue weighted by Crippen LogP contribution is -2.59. The fourth-order valence-corrected chi connectivity index (χ4v) is 5.84. The molecule has 2 aromatic carbocycles. The molecule has 0 saturated carbocycles. The summed E-state index contributed by atoms with van der Waals surface area (Å²) in [6, 6.07) is 13.1. The van der Waals surface area contributed by atoms with Crippen molar-refractivity contribution in [2.75, 3.05) is 19.1 Å². The molecule has 0 unspecified atom stereocenters. The van der Waals surface area contributed by atoms with Gasteiger partial charge in [0.05, 0.1) is 6.04 Å². The maximum absolute atomic E-state index is 14.1. The van der Waals surface area contributed by atoms with Crippen molar-refractivity contribution in [2.45, 2.75) is 95.5 Å². The molecular weight excluding hydrogens is 713 g/mol. The molecule has 0 radical (unpaired) electrons. The highest BCUT2D eigenvalue weighted by atomic mass is 32.2. The maximum Gasteiger partial charge on any atom is 0.245 e. The van der Waals surface area contributed by atoms with Gasteiger partial charge >= 0.3 is 0 Å². The molecule has 16 heteroatoms. The van der Waals surface area contributed by atoms with Gasteiger partial charge in [0, 0.05) is 31.9 Å². The Kier molecular flexibility index (Phi) is 19.0. The third kappa shape index (κ3) is 15.5. The van der Waals surface area contributed by atoms with Crippen LogP contribution in [-0.2, 0) is 46.4 Å². The number of nitrogens with two attached hydrogens (primary N) is 3. The summed E-state index contributed by atoms with van der Waals surface area (Å²) in [7, 11) is 1.40. The predicted molar refractivity (Wildman–Crippen MR) is 206 cm³/mol. The summed E-state index contributed by atoms with van der Waals surface area (Å²) in [6.45, 7) is 5.23. The number of carbonyl (C=O) groups is 7. The fourth-order valence-electron chi connectivity index (χ4n) is 5.37. The highest BCUT2D eigenvalue weighted by Crippen LogP contribution is 2.12. The number of amides is 7. The van der Waals surface area contributed by atoms with Gasteiger partial charge < -0.3 is 43.4 Å². The van der Waals surface area contributed by atoms with Crippen molar-refractivity contribution in [3.05, 3.63) is 71.8 Å². The lowest BCUT2D eigenvalue weighted by Gasteiger charge is -2.31. The van der Waals surface area contributed by atoms with Crippen LogP contribution in [0.1, 0.15) is 57.6 Å². The third-order valence-corrected chi connectivity index (χ3v) is 9.27. The topological polar surface area (TPSA) is 249 Å². The van der Waals surface area contributed by atoms with E-state index >= 15 is 0 Å². The second-order valence-electron chi connectivity index (χ2n) is 13.5. The van der Waals surface area contributed by atoms with Crippen molar-refractivity contribution in [1.29, 1.82) is 0 Å². The highest BCUT2D eigenvalue weighted by molar-refractivity contribution is 7.98. The molecule has 294 valence electrons. The van der Waals surface area contributed by atoms with Crippen molar-refractivity contribution in [3.63, 3.8) is 0 Å². The van der Waals surface area contributed by atoms with E-state index in [1.165, 1.54) is 25.7 Å². The average Bonchev–Trinajstić information content (AvgIpc) is 3.13. The van der Waals surface area contributed by atoms with E-state index in [2.05, 4.69) is 33.4 Å². The van der Waals surface area contributed by atoms with Gasteiger partial charge in [-0.25, -0.2) is 0 Å². The van der Waals surface area contributed by atoms with Crippen LogP contribution < -0.4 is 38.5 Å². The molecule has 2 aromatic rings. The van der Waals surface area contributed by atoms with Gasteiger partial charge in [0.15, 0.2) is 0 Å². The number of carbonyl (C=O) groups excluding carboxylic acids is 7. The van der Waals surface area contributed by atoms with E-state index in [0.29, 0.717) is 23.3 Å². The van der Waals surface area contributed by atoms with E-state index in [1.807, 2.05) is 20.1 Å². The van der Waals surface area contributed by atoms with Gasteiger partial charge in [0.25, 0.3) is 0 Å². The molecule has 0 heterocycles. The lowest BCUT2D eigenvalue weighted by atomic mass is 10.0. The lowest BCUT2D eigenvalue weighted by molar-refractivity contribution is -0.142. The van der Waals surface area contributed by atoms with Crippen LogP contribution in [0.2, 0.25) is 0 Å². The Morgan fingerprint density at radius 3 is 1.94 bits per heavy atom. The molecule has 0 aliphatic heterocycles. The molecule has 0 aliphatic carbocycles. The Morgan fingerprint density at radius 2 is 1.37 bits per heavy atom. The number of thioether (sulfide) groups is 1. The van der Waals surface area contributed by atoms with Crippen molar-refractivity contribution >= 4 is 53.1 Å². The normalized spacial score (nSPS) is 14.2. The van der Waals surface area contributed by atoms with E-state index in [0.717, 1.165) is 4.90 Å². The number of nitrogens with one attached hydrogen (secondary N) is 4. The average molecular weight is 767 g/mol. The van der Waals surface area contributed by atoms with E-state index in [9.17, 15) is 33.6 Å². The summed E-state index contributed by atoms with van der Waals surface area (Å²) in [6.07, 6.45) is 2.29. The summed E-state index contributed by atoms with van der Waals surface area (Å²) in [4.78, 5) is 92.4. The molecule has 7 amide bonds. The Morgan fingerprint density at radius 1 is 0.759 bits per heavy atom. The number of primary amides is 2. The second kappa shape index (κ2) is 22.8. The highest BCUT2D eigenvalue weighted by Gasteiger charge is 2.34. The van der Waals surface area contributed by atoms with Gasteiger partial charge in [-0.15, -0.1) is 0 Å². The zero-order valence-electron chi connectivity index (χ0n) is 31.6. The zero-order chi connectivity index (χ0) is 40.4. The van der Waals surface area contributed by atoms with E-state index < -0.39 is 77.6 Å². The molecule has 6 atom stereocenters. The van der Waals surface area contributed by atoms with Gasteiger partial charge in [-0.1, -0.05) is 62.4 Å². The van der Waals surface area contributed by atoms with E-state index in [4.69, 9.17) is 17.2 Å². The smallest absolute Gasteiger partial charge is 0.245 e. The van der Waals surface area contributed by atoms with Crippen LogP contribution in [0.15, 0.2) is 48.5 Å². The molecule has 0 aliphatic rings. The van der Waals surface area contributed by atoms with Gasteiger partial charge in [0.2, 0.25) is 41.4 Å². The van der Waals surface area contributed by atoms with Crippen LogP contribution in [0.25, 0.3) is 0 Å². The molecule has 0 saturated heterocycles. The first-order valence-corrected chi connectivity index (χ1v) is 19.1. The SMILES string of the molecule is CSCC[C@H](NC(=O)[C@H](CC(C)C)NC(=O)[C@H](C)N(C)C(=O)[C@H](Cc1c#cccc1)NC(=O)[C@H](Cc1ccccc1)NC(=O)[C@@H](N)CCC(N)=O)C(N)=O. The predicted octanol–water partition coefficient (Wildman–Crippen LogP) is -0.264. The monoisotopic (exact) mass is 766 g/mol. The zero-order valence-corrected chi connectivity index (χ0v) is 32.4. The molecule has 0 fully saturated rings. The molecule has 2 rings (SSSR count). The Balaban J connectivity index is 2.33. The first kappa shape index (κ1) is 45.0. The molecule has 10 N–H and O–H groups in total.